The van der Waals surface area contributed by atoms with Crippen molar-refractivity contribution >= 4 is 37.4 Å². The lowest BCUT2D eigenvalue weighted by Gasteiger charge is -2.10. The third-order valence-corrected chi connectivity index (χ3v) is 5.32. The Bertz CT molecular complexity index is 506. The molecule has 0 radical (unpaired) electrons. The number of fused-ring (bicyclic) bond motifs is 1. The number of thiophene rings is 1. The Balaban J connectivity index is 2.08. The third-order valence-electron chi connectivity index (χ3n) is 3.35. The Morgan fingerprint density at radius 3 is 2.89 bits per heavy atom. The smallest absolute Gasteiger partial charge is 0.0488 e. The van der Waals surface area contributed by atoms with Gasteiger partial charge in [0.15, 0.2) is 0 Å². The summed E-state index contributed by atoms with van der Waals surface area (Å²) >= 11 is 5.39. The van der Waals surface area contributed by atoms with Gasteiger partial charge in [0.2, 0.25) is 0 Å². The molecule has 0 aliphatic carbocycles. The molecule has 2 aromatic rings. The van der Waals surface area contributed by atoms with Crippen LogP contribution in [-0.4, -0.2) is 0 Å². The third kappa shape index (κ3) is 3.14. The van der Waals surface area contributed by atoms with Crippen molar-refractivity contribution in [2.24, 2.45) is 5.73 Å². The van der Waals surface area contributed by atoms with E-state index in [1.165, 1.54) is 45.8 Å². The summed E-state index contributed by atoms with van der Waals surface area (Å²) < 4.78 is 2.49. The van der Waals surface area contributed by atoms with Gasteiger partial charge in [-0.3, -0.25) is 0 Å². The van der Waals surface area contributed by atoms with Gasteiger partial charge in [0, 0.05) is 15.2 Å². The standard InChI is InChI=1S/C15H20BrNS/c1-2-3-4-5-9-14(17)12-10-18-15-11(12)7-6-8-13(15)16/h6-8,10,14H,2-5,9,17H2,1H3. The molecule has 0 fully saturated rings. The molecule has 98 valence electrons. The highest BCUT2D eigenvalue weighted by atomic mass is 79.9. The topological polar surface area (TPSA) is 26.0 Å². The van der Waals surface area contributed by atoms with Crippen molar-refractivity contribution in [2.45, 2.75) is 45.1 Å². The highest BCUT2D eigenvalue weighted by Gasteiger charge is 2.12. The fraction of sp³-hybridized carbons (Fsp3) is 0.467. The van der Waals surface area contributed by atoms with E-state index in [1.54, 1.807) is 11.3 Å². The summed E-state index contributed by atoms with van der Waals surface area (Å²) in [5.74, 6) is 0. The first kappa shape index (κ1) is 14.0. The zero-order valence-electron chi connectivity index (χ0n) is 10.8. The van der Waals surface area contributed by atoms with E-state index >= 15 is 0 Å². The van der Waals surface area contributed by atoms with Crippen molar-refractivity contribution in [3.8, 4) is 0 Å². The van der Waals surface area contributed by atoms with Gasteiger partial charge in [-0.25, -0.2) is 0 Å². The van der Waals surface area contributed by atoms with Crippen molar-refractivity contribution in [2.75, 3.05) is 0 Å². The Kier molecular flexibility index (Phi) is 5.22. The number of halogens is 1. The number of rotatable bonds is 6. The largest absolute Gasteiger partial charge is 0.324 e. The first-order chi connectivity index (χ1) is 8.74. The summed E-state index contributed by atoms with van der Waals surface area (Å²) in [6, 6.07) is 6.55. The van der Waals surface area contributed by atoms with Crippen LogP contribution in [0.4, 0.5) is 0 Å². The molecule has 2 rings (SSSR count). The van der Waals surface area contributed by atoms with E-state index in [4.69, 9.17) is 5.73 Å². The van der Waals surface area contributed by atoms with Crippen molar-refractivity contribution in [1.82, 2.24) is 0 Å². The van der Waals surface area contributed by atoms with Crippen LogP contribution in [0.1, 0.15) is 50.6 Å². The SMILES string of the molecule is CCCCCCC(N)c1csc2c(Br)cccc12. The molecule has 0 aliphatic rings. The molecular formula is C15H20BrNS. The Hall–Kier alpha value is -0.380. The van der Waals surface area contributed by atoms with E-state index in [-0.39, 0.29) is 6.04 Å². The minimum atomic E-state index is 0.185. The van der Waals surface area contributed by atoms with Crippen LogP contribution >= 0.6 is 27.3 Å². The normalized spacial score (nSPS) is 13.1. The van der Waals surface area contributed by atoms with Gasteiger partial charge in [-0.05, 0) is 44.7 Å². The number of nitrogens with two attached hydrogens (primary N) is 1. The molecule has 0 bridgehead atoms. The van der Waals surface area contributed by atoms with E-state index < -0.39 is 0 Å². The summed E-state index contributed by atoms with van der Waals surface area (Å²) in [5, 5.41) is 3.54. The van der Waals surface area contributed by atoms with Crippen LogP contribution in [0.3, 0.4) is 0 Å². The van der Waals surface area contributed by atoms with Gasteiger partial charge in [-0.2, -0.15) is 0 Å². The van der Waals surface area contributed by atoms with Crippen LogP contribution in [-0.2, 0) is 0 Å². The molecule has 0 spiro atoms. The minimum Gasteiger partial charge on any atom is -0.324 e. The van der Waals surface area contributed by atoms with Crippen LogP contribution in [0.25, 0.3) is 10.1 Å². The molecule has 0 aliphatic heterocycles. The highest BCUT2D eigenvalue weighted by molar-refractivity contribution is 9.10. The summed E-state index contributed by atoms with van der Waals surface area (Å²) in [6.45, 7) is 2.24. The van der Waals surface area contributed by atoms with Crippen molar-refractivity contribution in [1.29, 1.82) is 0 Å². The second-order valence-electron chi connectivity index (χ2n) is 4.76. The second kappa shape index (κ2) is 6.69. The summed E-state index contributed by atoms with van der Waals surface area (Å²) in [4.78, 5) is 0. The fourth-order valence-corrected chi connectivity index (χ4v) is 3.96. The fourth-order valence-electron chi connectivity index (χ4n) is 2.28. The number of benzene rings is 1. The second-order valence-corrected chi connectivity index (χ2v) is 6.50. The zero-order chi connectivity index (χ0) is 13.0. The quantitative estimate of drug-likeness (QED) is 0.684. The number of hydrogen-bond acceptors (Lipinski definition) is 2. The van der Waals surface area contributed by atoms with Gasteiger partial charge in [-0.1, -0.05) is 44.7 Å². The molecular weight excluding hydrogens is 306 g/mol. The van der Waals surface area contributed by atoms with Crippen LogP contribution in [0.2, 0.25) is 0 Å². The maximum absolute atomic E-state index is 6.33. The molecule has 3 heteroatoms. The van der Waals surface area contributed by atoms with Crippen molar-refractivity contribution in [3.05, 3.63) is 33.6 Å². The van der Waals surface area contributed by atoms with Crippen molar-refractivity contribution in [3.63, 3.8) is 0 Å². The Labute approximate surface area is 122 Å². The number of hydrogen-bond donors (Lipinski definition) is 1. The molecule has 0 saturated carbocycles. The molecule has 1 heterocycles. The van der Waals surface area contributed by atoms with Gasteiger partial charge in [0.05, 0.1) is 0 Å². The maximum Gasteiger partial charge on any atom is 0.0488 e. The maximum atomic E-state index is 6.33. The molecule has 1 nitrogen and oxygen atoms in total. The monoisotopic (exact) mass is 325 g/mol. The lowest BCUT2D eigenvalue weighted by molar-refractivity contribution is 0.569. The van der Waals surface area contributed by atoms with Crippen LogP contribution in [0.15, 0.2) is 28.1 Å². The van der Waals surface area contributed by atoms with Gasteiger partial charge in [0.25, 0.3) is 0 Å². The molecule has 0 saturated heterocycles. The van der Waals surface area contributed by atoms with E-state index in [0.29, 0.717) is 0 Å². The van der Waals surface area contributed by atoms with Gasteiger partial charge < -0.3 is 5.73 Å². The lowest BCUT2D eigenvalue weighted by Crippen LogP contribution is -2.09. The average Bonchev–Trinajstić information content (AvgIpc) is 2.80. The van der Waals surface area contributed by atoms with Crippen molar-refractivity contribution < 1.29 is 0 Å². The van der Waals surface area contributed by atoms with Crippen LogP contribution in [0.5, 0.6) is 0 Å². The summed E-state index contributed by atoms with van der Waals surface area (Å²) in [6.07, 6.45) is 6.24. The van der Waals surface area contributed by atoms with Crippen LogP contribution < -0.4 is 5.73 Å². The van der Waals surface area contributed by atoms with Gasteiger partial charge in [-0.15, -0.1) is 11.3 Å². The minimum absolute atomic E-state index is 0.185. The molecule has 18 heavy (non-hydrogen) atoms. The highest BCUT2D eigenvalue weighted by Crippen LogP contribution is 2.35. The van der Waals surface area contributed by atoms with Gasteiger partial charge >= 0.3 is 0 Å². The lowest BCUT2D eigenvalue weighted by atomic mass is 10.0. The first-order valence-corrected chi connectivity index (χ1v) is 8.32. The molecule has 1 aromatic heterocycles. The van der Waals surface area contributed by atoms with Gasteiger partial charge in [0.1, 0.15) is 0 Å². The average molecular weight is 326 g/mol. The molecule has 2 N–H and O–H groups in total. The molecule has 1 aromatic carbocycles. The zero-order valence-corrected chi connectivity index (χ0v) is 13.2. The van der Waals surface area contributed by atoms with Crippen LogP contribution in [0, 0.1) is 0 Å². The Morgan fingerprint density at radius 1 is 1.28 bits per heavy atom. The molecule has 0 amide bonds. The van der Waals surface area contributed by atoms with E-state index in [2.05, 4.69) is 46.4 Å². The summed E-state index contributed by atoms with van der Waals surface area (Å²) in [5.41, 5.74) is 7.64. The first-order valence-electron chi connectivity index (χ1n) is 6.65. The van der Waals surface area contributed by atoms with E-state index in [0.717, 1.165) is 6.42 Å². The molecule has 1 unspecified atom stereocenters. The summed E-state index contributed by atoms with van der Waals surface area (Å²) in [7, 11) is 0. The number of unbranched alkanes of at least 4 members (excludes halogenated alkanes) is 3. The van der Waals surface area contributed by atoms with E-state index in [9.17, 15) is 0 Å². The predicted molar refractivity (Wildman–Crippen MR) is 85.2 cm³/mol. The predicted octanol–water partition coefficient (Wildman–Crippen LogP) is 5.63. The Morgan fingerprint density at radius 2 is 2.11 bits per heavy atom. The molecule has 1 atom stereocenters. The van der Waals surface area contributed by atoms with E-state index in [1.807, 2.05) is 0 Å².